The van der Waals surface area contributed by atoms with Crippen LogP contribution in [-0.4, -0.2) is 62.8 Å². The lowest BCUT2D eigenvalue weighted by Crippen LogP contribution is -2.44. The van der Waals surface area contributed by atoms with E-state index in [4.69, 9.17) is 4.74 Å². The lowest BCUT2D eigenvalue weighted by Gasteiger charge is -2.33. The molecular weight excluding hydrogens is 356 g/mol. The average molecular weight is 382 g/mol. The minimum Gasteiger partial charge on any atom is -0.452 e. The van der Waals surface area contributed by atoms with Crippen LogP contribution in [0.15, 0.2) is 23.1 Å². The van der Waals surface area contributed by atoms with Crippen LogP contribution in [0.4, 0.5) is 0 Å². The molecule has 1 aromatic carbocycles. The number of ether oxygens (including phenoxy) is 1. The highest BCUT2D eigenvalue weighted by atomic mass is 32.2. The smallest absolute Gasteiger partial charge is 0.338 e. The molecule has 1 amide bonds. The summed E-state index contributed by atoms with van der Waals surface area (Å²) in [5, 5.41) is 0. The van der Waals surface area contributed by atoms with Gasteiger partial charge in [-0.15, -0.1) is 0 Å². The molecule has 1 fully saturated rings. The van der Waals surface area contributed by atoms with Gasteiger partial charge in [-0.25, -0.2) is 17.5 Å². The fourth-order valence-electron chi connectivity index (χ4n) is 2.95. The minimum atomic E-state index is -3.65. The van der Waals surface area contributed by atoms with Crippen LogP contribution in [0.2, 0.25) is 0 Å². The summed E-state index contributed by atoms with van der Waals surface area (Å²) >= 11 is 0. The molecule has 2 rings (SSSR count). The molecular formula is C18H26N2O5S. The number of carbonyl (C=O) groups is 2. The Morgan fingerprint density at radius 1 is 1.27 bits per heavy atom. The first kappa shape index (κ1) is 20.4. The Hall–Kier alpha value is -1.93. The second kappa shape index (κ2) is 8.18. The molecule has 144 valence electrons. The summed E-state index contributed by atoms with van der Waals surface area (Å²) in [6.07, 6.45) is 2.99. The van der Waals surface area contributed by atoms with Crippen molar-refractivity contribution in [1.29, 1.82) is 0 Å². The number of likely N-dealkylation sites (tertiary alicyclic amines) is 1. The summed E-state index contributed by atoms with van der Waals surface area (Å²) < 4.78 is 30.7. The first-order valence-corrected chi connectivity index (χ1v) is 10.1. The van der Waals surface area contributed by atoms with Crippen molar-refractivity contribution in [3.8, 4) is 0 Å². The third-order valence-electron chi connectivity index (χ3n) is 4.66. The number of esters is 1. The maximum Gasteiger partial charge on any atom is 0.338 e. The zero-order valence-corrected chi connectivity index (χ0v) is 16.5. The van der Waals surface area contributed by atoms with Crippen molar-refractivity contribution in [1.82, 2.24) is 9.21 Å². The molecule has 8 heteroatoms. The van der Waals surface area contributed by atoms with Crippen molar-refractivity contribution in [2.45, 2.75) is 44.0 Å². The molecule has 7 nitrogen and oxygen atoms in total. The number of hydrogen-bond acceptors (Lipinski definition) is 5. The zero-order valence-electron chi connectivity index (χ0n) is 15.7. The number of aryl methyl sites for hydroxylation is 1. The standard InChI is InChI=1S/C18H26N2O5S/c1-13-8-9-15(26(23,24)19(3)4)11-16(13)18(22)25-12-17(21)20-10-6-5-7-14(20)2/h8-9,11,14H,5-7,10,12H2,1-4H3/t14-/m0/s1. The Labute approximate surface area is 155 Å². The van der Waals surface area contributed by atoms with Crippen molar-refractivity contribution in [3.05, 3.63) is 29.3 Å². The van der Waals surface area contributed by atoms with Crippen LogP contribution in [0, 0.1) is 6.92 Å². The van der Waals surface area contributed by atoms with Crippen molar-refractivity contribution in [2.24, 2.45) is 0 Å². The van der Waals surface area contributed by atoms with E-state index >= 15 is 0 Å². The van der Waals surface area contributed by atoms with E-state index in [1.807, 2.05) is 6.92 Å². The number of carbonyl (C=O) groups excluding carboxylic acids is 2. The van der Waals surface area contributed by atoms with Crippen LogP contribution in [0.3, 0.4) is 0 Å². The van der Waals surface area contributed by atoms with Gasteiger partial charge in [0.1, 0.15) is 0 Å². The van der Waals surface area contributed by atoms with Gasteiger partial charge in [-0.2, -0.15) is 0 Å². The number of sulfonamides is 1. The Kier molecular flexibility index (Phi) is 6.41. The quantitative estimate of drug-likeness (QED) is 0.725. The van der Waals surface area contributed by atoms with Crippen molar-refractivity contribution in [2.75, 3.05) is 27.2 Å². The van der Waals surface area contributed by atoms with Crippen LogP contribution < -0.4 is 0 Å². The van der Waals surface area contributed by atoms with Gasteiger partial charge in [0.15, 0.2) is 6.61 Å². The molecule has 0 aliphatic carbocycles. The van der Waals surface area contributed by atoms with Crippen LogP contribution in [-0.2, 0) is 19.6 Å². The molecule has 1 atom stereocenters. The number of amides is 1. The fraction of sp³-hybridized carbons (Fsp3) is 0.556. The van der Waals surface area contributed by atoms with Gasteiger partial charge in [0.2, 0.25) is 10.0 Å². The molecule has 0 unspecified atom stereocenters. The molecule has 1 aliphatic heterocycles. The van der Waals surface area contributed by atoms with E-state index in [9.17, 15) is 18.0 Å². The van der Waals surface area contributed by atoms with Gasteiger partial charge >= 0.3 is 5.97 Å². The van der Waals surface area contributed by atoms with Gasteiger partial charge in [0, 0.05) is 26.7 Å². The summed E-state index contributed by atoms with van der Waals surface area (Å²) in [6.45, 7) is 4.01. The molecule has 0 radical (unpaired) electrons. The van der Waals surface area contributed by atoms with E-state index in [2.05, 4.69) is 0 Å². The second-order valence-electron chi connectivity index (χ2n) is 6.77. The summed E-state index contributed by atoms with van der Waals surface area (Å²) in [4.78, 5) is 26.4. The van der Waals surface area contributed by atoms with Crippen molar-refractivity contribution >= 4 is 21.9 Å². The monoisotopic (exact) mass is 382 g/mol. The normalized spacial score (nSPS) is 18.0. The Morgan fingerprint density at radius 3 is 2.58 bits per heavy atom. The third-order valence-corrected chi connectivity index (χ3v) is 6.47. The molecule has 1 aliphatic rings. The second-order valence-corrected chi connectivity index (χ2v) is 8.92. The molecule has 1 saturated heterocycles. The zero-order chi connectivity index (χ0) is 19.5. The predicted molar refractivity (Wildman–Crippen MR) is 97.4 cm³/mol. The van der Waals surface area contributed by atoms with Gasteiger partial charge in [0.05, 0.1) is 10.5 Å². The average Bonchev–Trinajstić information content (AvgIpc) is 2.59. The molecule has 26 heavy (non-hydrogen) atoms. The lowest BCUT2D eigenvalue weighted by molar-refractivity contribution is -0.137. The van der Waals surface area contributed by atoms with E-state index < -0.39 is 16.0 Å². The lowest BCUT2D eigenvalue weighted by atomic mass is 10.0. The Morgan fingerprint density at radius 2 is 1.96 bits per heavy atom. The number of hydrogen-bond donors (Lipinski definition) is 0. The Bertz CT molecular complexity index is 789. The Balaban J connectivity index is 2.11. The van der Waals surface area contributed by atoms with Gasteiger partial charge in [-0.3, -0.25) is 4.79 Å². The predicted octanol–water partition coefficient (Wildman–Crippen LogP) is 1.80. The molecule has 1 aromatic rings. The van der Waals surface area contributed by atoms with Crippen molar-refractivity contribution in [3.63, 3.8) is 0 Å². The largest absolute Gasteiger partial charge is 0.452 e. The summed E-state index contributed by atoms with van der Waals surface area (Å²) in [5.74, 6) is -0.920. The third kappa shape index (κ3) is 4.42. The van der Waals surface area contributed by atoms with Gasteiger partial charge in [-0.1, -0.05) is 6.07 Å². The molecule has 1 heterocycles. The van der Waals surface area contributed by atoms with Gasteiger partial charge < -0.3 is 9.64 Å². The van der Waals surface area contributed by atoms with Gasteiger partial charge in [-0.05, 0) is 50.8 Å². The van der Waals surface area contributed by atoms with Crippen LogP contribution >= 0.6 is 0 Å². The maximum atomic E-state index is 12.4. The van der Waals surface area contributed by atoms with Gasteiger partial charge in [0.25, 0.3) is 5.91 Å². The van der Waals surface area contributed by atoms with Crippen LogP contribution in [0.1, 0.15) is 42.1 Å². The van der Waals surface area contributed by atoms with E-state index in [1.165, 1.54) is 26.2 Å². The summed E-state index contributed by atoms with van der Waals surface area (Å²) in [6, 6.07) is 4.44. The topological polar surface area (TPSA) is 84.0 Å². The number of benzene rings is 1. The van der Waals surface area contributed by atoms with E-state index in [-0.39, 0.29) is 29.0 Å². The highest BCUT2D eigenvalue weighted by molar-refractivity contribution is 7.89. The molecule has 0 N–H and O–H groups in total. The maximum absolute atomic E-state index is 12.4. The van der Waals surface area contributed by atoms with Crippen molar-refractivity contribution < 1.29 is 22.7 Å². The molecule has 0 bridgehead atoms. The SMILES string of the molecule is Cc1ccc(S(=O)(=O)N(C)C)cc1C(=O)OCC(=O)N1CCCC[C@@H]1C. The summed E-state index contributed by atoms with van der Waals surface area (Å²) in [7, 11) is -0.810. The highest BCUT2D eigenvalue weighted by Gasteiger charge is 2.25. The fourth-order valence-corrected chi connectivity index (χ4v) is 3.88. The summed E-state index contributed by atoms with van der Waals surface area (Å²) in [5.41, 5.74) is 0.735. The van der Waals surface area contributed by atoms with Crippen LogP contribution in [0.25, 0.3) is 0 Å². The molecule has 0 spiro atoms. The molecule has 0 aromatic heterocycles. The number of rotatable bonds is 5. The van der Waals surface area contributed by atoms with Crippen LogP contribution in [0.5, 0.6) is 0 Å². The highest BCUT2D eigenvalue weighted by Crippen LogP contribution is 2.20. The minimum absolute atomic E-state index is 0.0102. The first-order chi connectivity index (χ1) is 12.1. The number of nitrogens with zero attached hydrogens (tertiary/aromatic N) is 2. The van der Waals surface area contributed by atoms with E-state index in [1.54, 1.807) is 17.9 Å². The van der Waals surface area contributed by atoms with E-state index in [0.717, 1.165) is 23.6 Å². The number of piperidine rings is 1. The first-order valence-electron chi connectivity index (χ1n) is 8.64. The van der Waals surface area contributed by atoms with E-state index in [0.29, 0.717) is 12.1 Å². The molecule has 0 saturated carbocycles.